The maximum Gasteiger partial charge on any atom is 0.231 e. The minimum absolute atomic E-state index is 0.0180. The highest BCUT2D eigenvalue weighted by Crippen LogP contribution is 2.26. The summed E-state index contributed by atoms with van der Waals surface area (Å²) in [5.74, 6) is 0.264. The molecule has 1 amide bonds. The molecule has 0 saturated carbocycles. The monoisotopic (exact) mass is 273 g/mol. The lowest BCUT2D eigenvalue weighted by atomic mass is 9.89. The van der Waals surface area contributed by atoms with Crippen molar-refractivity contribution in [2.45, 2.75) is 25.4 Å². The van der Waals surface area contributed by atoms with Crippen LogP contribution in [0.2, 0.25) is 0 Å². The second-order valence-electron chi connectivity index (χ2n) is 6.00. The van der Waals surface area contributed by atoms with Crippen LogP contribution in [0.1, 0.15) is 24.0 Å². The van der Waals surface area contributed by atoms with Crippen molar-refractivity contribution in [3.8, 4) is 0 Å². The van der Waals surface area contributed by atoms with Gasteiger partial charge in [0.25, 0.3) is 0 Å². The number of hydrogen-bond donors (Lipinski definition) is 1. The Balaban J connectivity index is 1.78. The number of fused-ring (bicyclic) bond motifs is 1. The second-order valence-corrected chi connectivity index (χ2v) is 6.00. The van der Waals surface area contributed by atoms with E-state index in [0.717, 1.165) is 32.7 Å². The predicted molar refractivity (Wildman–Crippen MR) is 79.6 cm³/mol. The van der Waals surface area contributed by atoms with E-state index in [9.17, 15) is 4.79 Å². The Labute approximate surface area is 120 Å². The third-order valence-corrected chi connectivity index (χ3v) is 4.66. The quantitative estimate of drug-likeness (QED) is 0.830. The molecule has 1 aromatic carbocycles. The highest BCUT2D eigenvalue weighted by molar-refractivity contribution is 5.85. The van der Waals surface area contributed by atoms with Crippen LogP contribution in [0.3, 0.4) is 0 Å². The summed E-state index contributed by atoms with van der Waals surface area (Å²) in [6, 6.07) is 8.76. The number of nitrogens with zero attached hydrogens (tertiary/aromatic N) is 2. The summed E-state index contributed by atoms with van der Waals surface area (Å²) in [7, 11) is 2.13. The van der Waals surface area contributed by atoms with Crippen LogP contribution in [-0.4, -0.2) is 55.0 Å². The summed E-state index contributed by atoms with van der Waals surface area (Å²) in [6.45, 7) is 6.48. The minimum Gasteiger partial charge on any atom is -0.339 e. The average molecular weight is 273 g/mol. The van der Waals surface area contributed by atoms with E-state index in [-0.39, 0.29) is 11.8 Å². The molecule has 2 heterocycles. The van der Waals surface area contributed by atoms with Gasteiger partial charge in [-0.15, -0.1) is 0 Å². The van der Waals surface area contributed by atoms with Gasteiger partial charge in [0.15, 0.2) is 0 Å². The largest absolute Gasteiger partial charge is 0.339 e. The zero-order chi connectivity index (χ0) is 14.1. The van der Waals surface area contributed by atoms with Gasteiger partial charge in [-0.2, -0.15) is 0 Å². The molecule has 1 fully saturated rings. The summed E-state index contributed by atoms with van der Waals surface area (Å²) in [5, 5.41) is 3.37. The Hall–Kier alpha value is -1.39. The number of likely N-dealkylation sites (N-methyl/N-ethyl adjacent to an activating group) is 1. The van der Waals surface area contributed by atoms with E-state index in [1.165, 1.54) is 11.1 Å². The van der Waals surface area contributed by atoms with Crippen LogP contribution in [0, 0.1) is 0 Å². The summed E-state index contributed by atoms with van der Waals surface area (Å²) in [6.07, 6.45) is 0. The lowest BCUT2D eigenvalue weighted by Gasteiger charge is -2.40. The molecule has 3 rings (SSSR count). The van der Waals surface area contributed by atoms with Gasteiger partial charge in [-0.3, -0.25) is 4.79 Å². The molecule has 4 heteroatoms. The lowest BCUT2D eigenvalue weighted by molar-refractivity contribution is -0.135. The Morgan fingerprint density at radius 1 is 1.30 bits per heavy atom. The van der Waals surface area contributed by atoms with Crippen LogP contribution in [0.5, 0.6) is 0 Å². The molecule has 20 heavy (non-hydrogen) atoms. The third-order valence-electron chi connectivity index (χ3n) is 4.66. The van der Waals surface area contributed by atoms with E-state index in [4.69, 9.17) is 0 Å². The second kappa shape index (κ2) is 5.54. The molecule has 108 valence electrons. The fourth-order valence-corrected chi connectivity index (χ4v) is 3.19. The van der Waals surface area contributed by atoms with Gasteiger partial charge >= 0.3 is 0 Å². The third kappa shape index (κ3) is 2.45. The summed E-state index contributed by atoms with van der Waals surface area (Å²) < 4.78 is 0. The molecule has 2 aliphatic heterocycles. The van der Waals surface area contributed by atoms with Crippen LogP contribution in [0.4, 0.5) is 0 Å². The van der Waals surface area contributed by atoms with Gasteiger partial charge in [-0.05, 0) is 25.1 Å². The summed E-state index contributed by atoms with van der Waals surface area (Å²) in [4.78, 5) is 17.2. The van der Waals surface area contributed by atoms with E-state index in [1.807, 2.05) is 17.0 Å². The first-order chi connectivity index (χ1) is 9.66. The Kier molecular flexibility index (Phi) is 3.76. The number of amides is 1. The van der Waals surface area contributed by atoms with Gasteiger partial charge in [-0.1, -0.05) is 24.3 Å². The fraction of sp³-hybridized carbons (Fsp3) is 0.562. The van der Waals surface area contributed by atoms with Crippen LogP contribution < -0.4 is 5.32 Å². The van der Waals surface area contributed by atoms with Crippen LogP contribution in [-0.2, 0) is 11.3 Å². The van der Waals surface area contributed by atoms with Crippen LogP contribution in [0.25, 0.3) is 0 Å². The summed E-state index contributed by atoms with van der Waals surface area (Å²) in [5.41, 5.74) is 2.47. The Morgan fingerprint density at radius 2 is 2.10 bits per heavy atom. The Morgan fingerprint density at radius 3 is 2.90 bits per heavy atom. The maximum absolute atomic E-state index is 12.8. The van der Waals surface area contributed by atoms with Crippen molar-refractivity contribution < 1.29 is 4.79 Å². The number of nitrogens with one attached hydrogen (secondary N) is 1. The number of carbonyl (C=O) groups is 1. The number of hydrogen-bond acceptors (Lipinski definition) is 3. The van der Waals surface area contributed by atoms with Gasteiger partial charge in [0.2, 0.25) is 5.91 Å². The number of rotatable bonds is 1. The molecule has 4 nitrogen and oxygen atoms in total. The predicted octanol–water partition coefficient (Wildman–Crippen LogP) is 1.04. The minimum atomic E-state index is -0.0180. The van der Waals surface area contributed by atoms with E-state index in [2.05, 4.69) is 36.3 Å². The first-order valence-corrected chi connectivity index (χ1v) is 7.44. The lowest BCUT2D eigenvalue weighted by Crippen LogP contribution is -2.54. The van der Waals surface area contributed by atoms with Crippen molar-refractivity contribution in [1.82, 2.24) is 15.1 Å². The summed E-state index contributed by atoms with van der Waals surface area (Å²) >= 11 is 0. The molecular weight excluding hydrogens is 250 g/mol. The molecule has 2 atom stereocenters. The Bertz CT molecular complexity index is 502. The van der Waals surface area contributed by atoms with E-state index < -0.39 is 0 Å². The SMILES string of the molecule is CC1CN(C(=O)C2CNCc3ccccc32)CCN1C. The van der Waals surface area contributed by atoms with Crippen LogP contribution in [0.15, 0.2) is 24.3 Å². The zero-order valence-electron chi connectivity index (χ0n) is 12.3. The molecule has 0 aromatic heterocycles. The molecule has 0 aliphatic carbocycles. The molecule has 1 saturated heterocycles. The van der Waals surface area contributed by atoms with Gasteiger partial charge in [0.1, 0.15) is 0 Å². The topological polar surface area (TPSA) is 35.6 Å². The van der Waals surface area contributed by atoms with Crippen molar-refractivity contribution >= 4 is 5.91 Å². The van der Waals surface area contributed by atoms with Gasteiger partial charge in [0.05, 0.1) is 5.92 Å². The normalized spacial score (nSPS) is 27.2. The smallest absolute Gasteiger partial charge is 0.231 e. The highest BCUT2D eigenvalue weighted by atomic mass is 16.2. The van der Waals surface area contributed by atoms with Crippen molar-refractivity contribution in [2.24, 2.45) is 0 Å². The molecule has 1 aromatic rings. The van der Waals surface area contributed by atoms with Crippen molar-refractivity contribution in [3.05, 3.63) is 35.4 Å². The highest BCUT2D eigenvalue weighted by Gasteiger charge is 2.32. The van der Waals surface area contributed by atoms with Crippen LogP contribution >= 0.6 is 0 Å². The number of piperazine rings is 1. The molecular formula is C16H23N3O. The maximum atomic E-state index is 12.8. The molecule has 1 N–H and O–H groups in total. The molecule has 2 aliphatic rings. The standard InChI is InChI=1S/C16H23N3O/c1-12-11-19(8-7-18(12)2)16(20)15-10-17-9-13-5-3-4-6-14(13)15/h3-6,12,15,17H,7-11H2,1-2H3. The van der Waals surface area contributed by atoms with E-state index in [1.54, 1.807) is 0 Å². The first kappa shape index (κ1) is 13.6. The molecule has 2 unspecified atom stereocenters. The average Bonchev–Trinajstić information content (AvgIpc) is 2.49. The molecule has 0 bridgehead atoms. The number of carbonyl (C=O) groups excluding carboxylic acids is 1. The number of benzene rings is 1. The zero-order valence-corrected chi connectivity index (χ0v) is 12.3. The van der Waals surface area contributed by atoms with Crippen molar-refractivity contribution in [1.29, 1.82) is 0 Å². The van der Waals surface area contributed by atoms with Gasteiger partial charge in [0, 0.05) is 38.8 Å². The van der Waals surface area contributed by atoms with Gasteiger partial charge < -0.3 is 15.1 Å². The molecule has 0 spiro atoms. The van der Waals surface area contributed by atoms with E-state index in [0.29, 0.717) is 6.04 Å². The fourth-order valence-electron chi connectivity index (χ4n) is 3.19. The first-order valence-electron chi connectivity index (χ1n) is 7.44. The molecule has 0 radical (unpaired) electrons. The van der Waals surface area contributed by atoms with Crippen molar-refractivity contribution in [3.63, 3.8) is 0 Å². The van der Waals surface area contributed by atoms with Crippen molar-refractivity contribution in [2.75, 3.05) is 33.2 Å². The van der Waals surface area contributed by atoms with E-state index >= 15 is 0 Å². The van der Waals surface area contributed by atoms with Gasteiger partial charge in [-0.25, -0.2) is 0 Å².